The third kappa shape index (κ3) is 4.30. The number of rotatable bonds is 4. The molecule has 2 aromatic carbocycles. The summed E-state index contributed by atoms with van der Waals surface area (Å²) in [7, 11) is -3.07. The Morgan fingerprint density at radius 1 is 1.16 bits per heavy atom. The highest BCUT2D eigenvalue weighted by molar-refractivity contribution is 9.10. The summed E-state index contributed by atoms with van der Waals surface area (Å²) in [5.74, 6) is 0.0375. The van der Waals surface area contributed by atoms with Gasteiger partial charge in [-0.25, -0.2) is 8.42 Å². The van der Waals surface area contributed by atoms with Crippen LogP contribution in [-0.4, -0.2) is 36.8 Å². The van der Waals surface area contributed by atoms with Crippen LogP contribution in [0.5, 0.6) is 0 Å². The van der Waals surface area contributed by atoms with E-state index in [4.69, 9.17) is 0 Å². The number of hydrogen-bond donors (Lipinski definition) is 0. The Kier molecular flexibility index (Phi) is 5.29. The van der Waals surface area contributed by atoms with Gasteiger partial charge in [-0.15, -0.1) is 0 Å². The van der Waals surface area contributed by atoms with Crippen LogP contribution in [0.25, 0.3) is 0 Å². The fourth-order valence-corrected chi connectivity index (χ4v) is 5.25. The summed E-state index contributed by atoms with van der Waals surface area (Å²) in [6, 6.07) is 14.9. The van der Waals surface area contributed by atoms with Gasteiger partial charge >= 0.3 is 0 Å². The normalized spacial score (nSPS) is 18.9. The number of carbonyl (C=O) groups is 1. The third-order valence-electron chi connectivity index (χ3n) is 4.49. The van der Waals surface area contributed by atoms with Crippen molar-refractivity contribution < 1.29 is 13.2 Å². The van der Waals surface area contributed by atoms with E-state index in [-0.39, 0.29) is 23.5 Å². The molecule has 0 aromatic heterocycles. The van der Waals surface area contributed by atoms with E-state index in [1.165, 1.54) is 0 Å². The average Bonchev–Trinajstić information content (AvgIpc) is 2.94. The van der Waals surface area contributed by atoms with Crippen molar-refractivity contribution in [1.29, 1.82) is 0 Å². The summed E-state index contributed by atoms with van der Waals surface area (Å²) in [6.07, 6.45) is 0.490. The standard InChI is InChI=1S/C19H20BrNO3S/c1-14-6-8-15(9-7-14)12-21(16-10-11-25(23,24)13-16)19(22)17-4-2-3-5-18(17)20/h2-9,16H,10-13H2,1H3/t16-/m1/s1. The first-order chi connectivity index (χ1) is 11.9. The van der Waals surface area contributed by atoms with Crippen LogP contribution >= 0.6 is 15.9 Å². The Hall–Kier alpha value is -1.66. The van der Waals surface area contributed by atoms with E-state index in [1.807, 2.05) is 49.4 Å². The van der Waals surface area contributed by atoms with Gasteiger partial charge in [-0.1, -0.05) is 42.0 Å². The minimum Gasteiger partial charge on any atom is -0.330 e. The van der Waals surface area contributed by atoms with E-state index in [0.717, 1.165) is 15.6 Å². The lowest BCUT2D eigenvalue weighted by Crippen LogP contribution is -2.40. The fourth-order valence-electron chi connectivity index (χ4n) is 3.07. The quantitative estimate of drug-likeness (QED) is 0.757. The van der Waals surface area contributed by atoms with Gasteiger partial charge < -0.3 is 4.90 Å². The van der Waals surface area contributed by atoms with Crippen LogP contribution < -0.4 is 0 Å². The van der Waals surface area contributed by atoms with Crippen molar-refractivity contribution in [2.45, 2.75) is 25.9 Å². The molecule has 0 aliphatic carbocycles. The SMILES string of the molecule is Cc1ccc(CN(C(=O)c2ccccc2Br)[C@@H]2CCS(=O)(=O)C2)cc1. The molecule has 0 N–H and O–H groups in total. The first-order valence-electron chi connectivity index (χ1n) is 8.17. The van der Waals surface area contributed by atoms with E-state index < -0.39 is 9.84 Å². The molecule has 1 amide bonds. The highest BCUT2D eigenvalue weighted by Gasteiger charge is 2.35. The molecule has 25 heavy (non-hydrogen) atoms. The molecular weight excluding hydrogens is 402 g/mol. The van der Waals surface area contributed by atoms with Gasteiger partial charge in [0.2, 0.25) is 0 Å². The number of carbonyl (C=O) groups excluding carboxylic acids is 1. The molecule has 132 valence electrons. The third-order valence-corrected chi connectivity index (χ3v) is 6.93. The number of nitrogens with zero attached hydrogens (tertiary/aromatic N) is 1. The number of sulfone groups is 1. The van der Waals surface area contributed by atoms with Gasteiger partial charge in [-0.3, -0.25) is 4.79 Å². The Bertz CT molecular complexity index is 878. The number of hydrogen-bond acceptors (Lipinski definition) is 3. The molecule has 1 heterocycles. The van der Waals surface area contributed by atoms with Crippen molar-refractivity contribution in [2.75, 3.05) is 11.5 Å². The lowest BCUT2D eigenvalue weighted by atomic mass is 10.1. The van der Waals surface area contributed by atoms with Crippen LogP contribution in [0, 0.1) is 6.92 Å². The highest BCUT2D eigenvalue weighted by atomic mass is 79.9. The van der Waals surface area contributed by atoms with Crippen LogP contribution in [0.3, 0.4) is 0 Å². The second-order valence-corrected chi connectivity index (χ2v) is 9.54. The number of halogens is 1. The maximum atomic E-state index is 13.1. The van der Waals surface area contributed by atoms with E-state index in [9.17, 15) is 13.2 Å². The molecule has 6 heteroatoms. The average molecular weight is 422 g/mol. The molecule has 4 nitrogen and oxygen atoms in total. The predicted octanol–water partition coefficient (Wildman–Crippen LogP) is 3.59. The number of benzene rings is 2. The van der Waals surface area contributed by atoms with Crippen LogP contribution in [0.1, 0.15) is 27.9 Å². The van der Waals surface area contributed by atoms with Crippen molar-refractivity contribution in [2.24, 2.45) is 0 Å². The molecule has 0 bridgehead atoms. The zero-order valence-corrected chi connectivity index (χ0v) is 16.4. The zero-order valence-electron chi connectivity index (χ0n) is 14.0. The smallest absolute Gasteiger partial charge is 0.255 e. The molecule has 0 unspecified atom stereocenters. The molecule has 1 saturated heterocycles. The van der Waals surface area contributed by atoms with Gasteiger partial charge in [0.15, 0.2) is 9.84 Å². The summed E-state index contributed by atoms with van der Waals surface area (Å²) in [6.45, 7) is 2.41. The van der Waals surface area contributed by atoms with Crippen LogP contribution in [0.4, 0.5) is 0 Å². The lowest BCUT2D eigenvalue weighted by Gasteiger charge is -2.29. The highest BCUT2D eigenvalue weighted by Crippen LogP contribution is 2.25. The summed E-state index contributed by atoms with van der Waals surface area (Å²) in [4.78, 5) is 14.8. The van der Waals surface area contributed by atoms with Gasteiger partial charge in [-0.2, -0.15) is 0 Å². The molecule has 0 spiro atoms. The van der Waals surface area contributed by atoms with Crippen molar-refractivity contribution in [3.05, 3.63) is 69.7 Å². The predicted molar refractivity (Wildman–Crippen MR) is 102 cm³/mol. The lowest BCUT2D eigenvalue weighted by molar-refractivity contribution is 0.0680. The van der Waals surface area contributed by atoms with E-state index in [1.54, 1.807) is 11.0 Å². The molecule has 0 radical (unpaired) electrons. The summed E-state index contributed by atoms with van der Waals surface area (Å²) in [5.41, 5.74) is 2.70. The Balaban J connectivity index is 1.92. The Morgan fingerprint density at radius 2 is 1.84 bits per heavy atom. The van der Waals surface area contributed by atoms with Gasteiger partial charge in [0.1, 0.15) is 0 Å². The monoisotopic (exact) mass is 421 g/mol. The van der Waals surface area contributed by atoms with Crippen LogP contribution in [0.15, 0.2) is 53.0 Å². The molecule has 0 saturated carbocycles. The van der Waals surface area contributed by atoms with Gasteiger partial charge in [-0.05, 0) is 47.0 Å². The second-order valence-electron chi connectivity index (χ2n) is 6.46. The molecule has 2 aromatic rings. The minimum absolute atomic E-state index is 0.0368. The van der Waals surface area contributed by atoms with Gasteiger partial charge in [0.25, 0.3) is 5.91 Å². The first-order valence-corrected chi connectivity index (χ1v) is 10.8. The number of aryl methyl sites for hydroxylation is 1. The van der Waals surface area contributed by atoms with E-state index >= 15 is 0 Å². The van der Waals surface area contributed by atoms with Gasteiger partial charge in [0, 0.05) is 17.1 Å². The molecule has 1 aliphatic rings. The maximum Gasteiger partial charge on any atom is 0.255 e. The van der Waals surface area contributed by atoms with E-state index in [0.29, 0.717) is 18.5 Å². The van der Waals surface area contributed by atoms with Crippen molar-refractivity contribution in [1.82, 2.24) is 4.90 Å². The van der Waals surface area contributed by atoms with Crippen molar-refractivity contribution in [3.8, 4) is 0 Å². The minimum atomic E-state index is -3.07. The van der Waals surface area contributed by atoms with Crippen LogP contribution in [0.2, 0.25) is 0 Å². The summed E-state index contributed by atoms with van der Waals surface area (Å²) in [5, 5.41) is 0. The van der Waals surface area contributed by atoms with Gasteiger partial charge in [0.05, 0.1) is 17.1 Å². The zero-order chi connectivity index (χ0) is 18.0. The molecule has 1 aliphatic heterocycles. The molecule has 3 rings (SSSR count). The Morgan fingerprint density at radius 3 is 2.44 bits per heavy atom. The van der Waals surface area contributed by atoms with Crippen LogP contribution in [-0.2, 0) is 16.4 Å². The second kappa shape index (κ2) is 7.30. The Labute approximate surface area is 156 Å². The summed E-state index contributed by atoms with van der Waals surface area (Å²) >= 11 is 3.43. The van der Waals surface area contributed by atoms with E-state index in [2.05, 4.69) is 15.9 Å². The first kappa shape index (κ1) is 18.1. The molecule has 1 atom stereocenters. The van der Waals surface area contributed by atoms with Crippen molar-refractivity contribution >= 4 is 31.7 Å². The fraction of sp³-hybridized carbons (Fsp3) is 0.316. The molecular formula is C19H20BrNO3S. The largest absolute Gasteiger partial charge is 0.330 e. The maximum absolute atomic E-state index is 13.1. The van der Waals surface area contributed by atoms with Crippen molar-refractivity contribution in [3.63, 3.8) is 0 Å². The topological polar surface area (TPSA) is 54.5 Å². The number of amides is 1. The summed E-state index contributed by atoms with van der Waals surface area (Å²) < 4.78 is 24.6. The molecule has 1 fully saturated rings.